The number of likely N-dealkylation sites (tertiary alicyclic amines) is 1. The minimum Gasteiger partial charge on any atom is -0.487 e. The van der Waals surface area contributed by atoms with Gasteiger partial charge in [-0.15, -0.1) is 0 Å². The van der Waals surface area contributed by atoms with Crippen molar-refractivity contribution in [2.75, 3.05) is 20.1 Å². The Morgan fingerprint density at radius 2 is 2.19 bits per heavy atom. The summed E-state index contributed by atoms with van der Waals surface area (Å²) in [6, 6.07) is 2.48. The molecule has 1 N–H and O–H groups in total. The fourth-order valence-corrected chi connectivity index (χ4v) is 3.95. The first kappa shape index (κ1) is 19.9. The van der Waals surface area contributed by atoms with Gasteiger partial charge in [-0.05, 0) is 50.8 Å². The normalized spacial score (nSPS) is 21.9. The Bertz CT molecular complexity index is 640. The second kappa shape index (κ2) is 9.88. The van der Waals surface area contributed by atoms with Crippen molar-refractivity contribution in [1.29, 1.82) is 0 Å². The number of carbonyl (C=O) groups is 1. The molecule has 0 spiro atoms. The van der Waals surface area contributed by atoms with Gasteiger partial charge in [-0.1, -0.05) is 25.0 Å². The number of pyridine rings is 1. The second-order valence-corrected chi connectivity index (χ2v) is 8.00. The largest absolute Gasteiger partial charge is 0.487 e. The lowest BCUT2D eigenvalue weighted by Crippen LogP contribution is -2.31. The number of nitrogens with zero attached hydrogens (tertiary/aromatic N) is 2. The van der Waals surface area contributed by atoms with E-state index in [9.17, 15) is 4.79 Å². The number of rotatable bonds is 8. The highest BCUT2D eigenvalue weighted by Crippen LogP contribution is 2.29. The van der Waals surface area contributed by atoms with Crippen molar-refractivity contribution in [3.8, 4) is 5.75 Å². The number of ether oxygens (including phenoxy) is 1. The maximum Gasteiger partial charge on any atom is 0.222 e. The van der Waals surface area contributed by atoms with Crippen LogP contribution < -0.4 is 10.1 Å². The van der Waals surface area contributed by atoms with E-state index in [0.717, 1.165) is 37.1 Å². The van der Waals surface area contributed by atoms with Gasteiger partial charge in [0.1, 0.15) is 11.9 Å². The van der Waals surface area contributed by atoms with Crippen LogP contribution in [0.25, 0.3) is 6.08 Å². The van der Waals surface area contributed by atoms with Crippen LogP contribution in [0.3, 0.4) is 0 Å². The first-order valence-corrected chi connectivity index (χ1v) is 10.4. The van der Waals surface area contributed by atoms with E-state index < -0.39 is 0 Å². The summed E-state index contributed by atoms with van der Waals surface area (Å²) in [5, 5.41) is 3.22. The third-order valence-corrected chi connectivity index (χ3v) is 5.77. The Balaban J connectivity index is 1.48. The molecule has 1 aromatic heterocycles. The zero-order valence-corrected chi connectivity index (χ0v) is 16.7. The molecule has 5 heteroatoms. The predicted octanol–water partition coefficient (Wildman–Crippen LogP) is 3.65. The van der Waals surface area contributed by atoms with Crippen molar-refractivity contribution in [1.82, 2.24) is 15.2 Å². The van der Waals surface area contributed by atoms with Gasteiger partial charge in [-0.2, -0.15) is 0 Å². The number of amides is 1. The second-order valence-electron chi connectivity index (χ2n) is 8.00. The van der Waals surface area contributed by atoms with Crippen molar-refractivity contribution in [2.24, 2.45) is 5.92 Å². The molecular weight excluding hydrogens is 338 g/mol. The number of hydrogen-bond donors (Lipinski definition) is 1. The molecule has 2 heterocycles. The van der Waals surface area contributed by atoms with Crippen LogP contribution in [0, 0.1) is 5.92 Å². The maximum atomic E-state index is 12.5. The van der Waals surface area contributed by atoms with Gasteiger partial charge >= 0.3 is 0 Å². The van der Waals surface area contributed by atoms with E-state index in [0.29, 0.717) is 24.4 Å². The van der Waals surface area contributed by atoms with E-state index in [-0.39, 0.29) is 6.10 Å². The average molecular weight is 372 g/mol. The topological polar surface area (TPSA) is 54.5 Å². The van der Waals surface area contributed by atoms with Gasteiger partial charge in [-0.3, -0.25) is 9.78 Å². The number of hydrogen-bond acceptors (Lipinski definition) is 4. The van der Waals surface area contributed by atoms with E-state index >= 15 is 0 Å². The van der Waals surface area contributed by atoms with Crippen LogP contribution in [0.15, 0.2) is 24.5 Å². The standard InChI is InChI=1S/C22H33N3O2/c1-17(23-2)6-5-9-19-12-21(15-24-14-19)27-20-10-11-25(16-20)22(26)13-18-7-3-4-8-18/h5,9,12,14-15,17-18,20,23H,3-4,6-8,10-11,13,16H2,1-2H3/t17-,20+/m0/s1. The molecule has 148 valence electrons. The summed E-state index contributed by atoms with van der Waals surface area (Å²) < 4.78 is 6.11. The van der Waals surface area contributed by atoms with Crippen molar-refractivity contribution < 1.29 is 9.53 Å². The summed E-state index contributed by atoms with van der Waals surface area (Å²) in [5.41, 5.74) is 1.04. The van der Waals surface area contributed by atoms with Gasteiger partial charge in [0, 0.05) is 31.6 Å². The molecule has 0 bridgehead atoms. The summed E-state index contributed by atoms with van der Waals surface area (Å²) in [4.78, 5) is 18.8. The molecular formula is C22H33N3O2. The van der Waals surface area contributed by atoms with E-state index in [4.69, 9.17) is 4.74 Å². The van der Waals surface area contributed by atoms with Crippen LogP contribution in [0.2, 0.25) is 0 Å². The van der Waals surface area contributed by atoms with E-state index in [1.54, 1.807) is 6.20 Å². The Labute approximate surface area is 163 Å². The molecule has 1 saturated carbocycles. The first-order valence-electron chi connectivity index (χ1n) is 10.4. The lowest BCUT2D eigenvalue weighted by atomic mass is 10.0. The molecule has 27 heavy (non-hydrogen) atoms. The molecule has 1 aliphatic carbocycles. The molecule has 1 aliphatic heterocycles. The van der Waals surface area contributed by atoms with Crippen LogP contribution in [0.5, 0.6) is 5.75 Å². The molecule has 2 fully saturated rings. The Morgan fingerprint density at radius 1 is 1.37 bits per heavy atom. The maximum absolute atomic E-state index is 12.5. The molecule has 3 rings (SSSR count). The van der Waals surface area contributed by atoms with Crippen LogP contribution in [0.1, 0.15) is 57.4 Å². The quantitative estimate of drug-likeness (QED) is 0.758. The Morgan fingerprint density at radius 3 is 2.96 bits per heavy atom. The van der Waals surface area contributed by atoms with Crippen LogP contribution in [-0.4, -0.2) is 48.1 Å². The van der Waals surface area contributed by atoms with Crippen molar-refractivity contribution in [2.45, 2.75) is 64.0 Å². The van der Waals surface area contributed by atoms with Gasteiger partial charge in [0.05, 0.1) is 12.7 Å². The van der Waals surface area contributed by atoms with E-state index in [1.807, 2.05) is 24.2 Å². The summed E-state index contributed by atoms with van der Waals surface area (Å²) in [7, 11) is 1.97. The zero-order valence-electron chi connectivity index (χ0n) is 16.7. The molecule has 0 radical (unpaired) electrons. The number of aromatic nitrogens is 1. The van der Waals surface area contributed by atoms with Crippen LogP contribution in [-0.2, 0) is 4.79 Å². The Hall–Kier alpha value is -1.88. The average Bonchev–Trinajstić information content (AvgIpc) is 3.34. The first-order chi connectivity index (χ1) is 13.1. The summed E-state index contributed by atoms with van der Waals surface area (Å²) in [6.45, 7) is 3.67. The van der Waals surface area contributed by atoms with Crippen molar-refractivity contribution >= 4 is 12.0 Å². The summed E-state index contributed by atoms with van der Waals surface area (Å²) in [5.74, 6) is 1.70. The minimum atomic E-state index is 0.0721. The van der Waals surface area contributed by atoms with E-state index in [1.165, 1.54) is 25.7 Å². The fourth-order valence-electron chi connectivity index (χ4n) is 3.95. The number of carbonyl (C=O) groups excluding carboxylic acids is 1. The van der Waals surface area contributed by atoms with Gasteiger partial charge in [0.15, 0.2) is 0 Å². The molecule has 1 aromatic rings. The predicted molar refractivity (Wildman–Crippen MR) is 109 cm³/mol. The highest BCUT2D eigenvalue weighted by atomic mass is 16.5. The lowest BCUT2D eigenvalue weighted by Gasteiger charge is -2.19. The van der Waals surface area contributed by atoms with Crippen LogP contribution in [0.4, 0.5) is 0 Å². The van der Waals surface area contributed by atoms with Crippen molar-refractivity contribution in [3.63, 3.8) is 0 Å². The summed E-state index contributed by atoms with van der Waals surface area (Å²) >= 11 is 0. The Kier molecular flexibility index (Phi) is 7.27. The lowest BCUT2D eigenvalue weighted by molar-refractivity contribution is -0.131. The van der Waals surface area contributed by atoms with Crippen molar-refractivity contribution in [3.05, 3.63) is 30.1 Å². The highest BCUT2D eigenvalue weighted by molar-refractivity contribution is 5.76. The molecule has 2 atom stereocenters. The molecule has 1 amide bonds. The fraction of sp³-hybridized carbons (Fsp3) is 0.636. The zero-order chi connectivity index (χ0) is 19.1. The SMILES string of the molecule is CN[C@@H](C)CC=Cc1cncc(O[C@@H]2CCN(C(=O)CC3CCCC3)C2)c1. The third-order valence-electron chi connectivity index (χ3n) is 5.77. The van der Waals surface area contributed by atoms with Gasteiger partial charge in [0.2, 0.25) is 5.91 Å². The van der Waals surface area contributed by atoms with Gasteiger partial charge < -0.3 is 15.0 Å². The van der Waals surface area contributed by atoms with Crippen LogP contribution >= 0.6 is 0 Å². The summed E-state index contributed by atoms with van der Waals surface area (Å²) in [6.07, 6.45) is 15.5. The highest BCUT2D eigenvalue weighted by Gasteiger charge is 2.29. The van der Waals surface area contributed by atoms with Gasteiger partial charge in [-0.25, -0.2) is 0 Å². The van der Waals surface area contributed by atoms with E-state index in [2.05, 4.69) is 29.4 Å². The molecule has 0 aromatic carbocycles. The number of nitrogens with one attached hydrogen (secondary N) is 1. The third kappa shape index (κ3) is 6.06. The minimum absolute atomic E-state index is 0.0721. The smallest absolute Gasteiger partial charge is 0.222 e. The molecule has 5 nitrogen and oxygen atoms in total. The molecule has 1 saturated heterocycles. The monoisotopic (exact) mass is 371 g/mol. The van der Waals surface area contributed by atoms with Gasteiger partial charge in [0.25, 0.3) is 0 Å². The molecule has 2 aliphatic rings. The molecule has 0 unspecified atom stereocenters.